The molecule has 0 spiro atoms. The molecule has 8 heteroatoms. The monoisotopic (exact) mass is 338 g/mol. The maximum Gasteiger partial charge on any atom is 0.417 e. The van der Waals surface area contributed by atoms with Crippen molar-refractivity contribution in [3.8, 4) is 0 Å². The standard InChI is InChI=1S/C7H4F5IN2/c8-6(9)5-4(13)2(7(10,11)12)1-3(14)15-5/h1,6H,(H2,14,15). The van der Waals surface area contributed by atoms with Crippen molar-refractivity contribution in [2.45, 2.75) is 12.6 Å². The zero-order chi connectivity index (χ0) is 11.8. The Labute approximate surface area is 94.8 Å². The molecule has 0 radical (unpaired) electrons. The number of rotatable bonds is 1. The van der Waals surface area contributed by atoms with Crippen LogP contribution >= 0.6 is 22.6 Å². The van der Waals surface area contributed by atoms with Gasteiger partial charge in [0.1, 0.15) is 11.5 Å². The van der Waals surface area contributed by atoms with Crippen molar-refractivity contribution in [3.63, 3.8) is 0 Å². The third kappa shape index (κ3) is 2.67. The van der Waals surface area contributed by atoms with E-state index in [1.807, 2.05) is 0 Å². The van der Waals surface area contributed by atoms with Gasteiger partial charge in [0, 0.05) is 0 Å². The van der Waals surface area contributed by atoms with E-state index >= 15 is 0 Å². The molecule has 2 nitrogen and oxygen atoms in total. The van der Waals surface area contributed by atoms with E-state index in [2.05, 4.69) is 4.98 Å². The van der Waals surface area contributed by atoms with Gasteiger partial charge in [-0.2, -0.15) is 13.2 Å². The summed E-state index contributed by atoms with van der Waals surface area (Å²) in [5, 5.41) is 0. The predicted molar refractivity (Wildman–Crippen MR) is 51.3 cm³/mol. The van der Waals surface area contributed by atoms with Crippen molar-refractivity contribution in [2.75, 3.05) is 5.73 Å². The second-order valence-electron chi connectivity index (χ2n) is 2.59. The van der Waals surface area contributed by atoms with Crippen LogP contribution in [0.3, 0.4) is 0 Å². The van der Waals surface area contributed by atoms with E-state index in [-0.39, 0.29) is 0 Å². The zero-order valence-corrected chi connectivity index (χ0v) is 9.10. The van der Waals surface area contributed by atoms with Gasteiger partial charge >= 0.3 is 6.18 Å². The molecule has 0 unspecified atom stereocenters. The van der Waals surface area contributed by atoms with Gasteiger partial charge in [0.2, 0.25) is 0 Å². The van der Waals surface area contributed by atoms with Gasteiger partial charge in [0.25, 0.3) is 6.43 Å². The van der Waals surface area contributed by atoms with E-state index in [0.717, 1.165) is 0 Å². The number of hydrogen-bond acceptors (Lipinski definition) is 2. The van der Waals surface area contributed by atoms with Crippen LogP contribution in [0.15, 0.2) is 6.07 Å². The van der Waals surface area contributed by atoms with Crippen LogP contribution in [-0.4, -0.2) is 4.98 Å². The number of nitrogen functional groups attached to an aromatic ring is 1. The lowest BCUT2D eigenvalue weighted by Gasteiger charge is -2.12. The minimum Gasteiger partial charge on any atom is -0.384 e. The summed E-state index contributed by atoms with van der Waals surface area (Å²) in [6, 6.07) is 0.535. The molecule has 1 rings (SSSR count). The average molecular weight is 338 g/mol. The molecule has 1 aromatic heterocycles. The molecular formula is C7H4F5IN2. The number of anilines is 1. The zero-order valence-electron chi connectivity index (χ0n) is 6.95. The molecule has 0 saturated carbocycles. The smallest absolute Gasteiger partial charge is 0.384 e. The molecule has 15 heavy (non-hydrogen) atoms. The highest BCUT2D eigenvalue weighted by molar-refractivity contribution is 14.1. The number of nitrogens with zero attached hydrogens (tertiary/aromatic N) is 1. The molecule has 84 valence electrons. The fraction of sp³-hybridized carbons (Fsp3) is 0.286. The van der Waals surface area contributed by atoms with E-state index in [1.54, 1.807) is 0 Å². The molecule has 0 aliphatic heterocycles. The molecule has 0 aliphatic carbocycles. The Kier molecular flexibility index (Phi) is 3.36. The number of pyridine rings is 1. The summed E-state index contributed by atoms with van der Waals surface area (Å²) in [6.45, 7) is 0. The van der Waals surface area contributed by atoms with Crippen LogP contribution in [0.25, 0.3) is 0 Å². The van der Waals surface area contributed by atoms with Crippen LogP contribution in [-0.2, 0) is 6.18 Å². The molecule has 0 atom stereocenters. The highest BCUT2D eigenvalue weighted by Crippen LogP contribution is 2.37. The first-order valence-corrected chi connectivity index (χ1v) is 4.62. The lowest BCUT2D eigenvalue weighted by Crippen LogP contribution is -2.12. The average Bonchev–Trinajstić information content (AvgIpc) is 2.06. The van der Waals surface area contributed by atoms with Crippen LogP contribution in [0.5, 0.6) is 0 Å². The highest BCUT2D eigenvalue weighted by atomic mass is 127. The van der Waals surface area contributed by atoms with Crippen LogP contribution in [0.1, 0.15) is 17.7 Å². The van der Waals surface area contributed by atoms with Gasteiger partial charge in [0.05, 0.1) is 9.13 Å². The second-order valence-corrected chi connectivity index (χ2v) is 3.67. The van der Waals surface area contributed by atoms with Crippen molar-refractivity contribution >= 4 is 28.4 Å². The molecule has 0 fully saturated rings. The summed E-state index contributed by atoms with van der Waals surface area (Å²) in [5.74, 6) is -0.571. The van der Waals surface area contributed by atoms with E-state index < -0.39 is 33.2 Å². The van der Waals surface area contributed by atoms with Crippen molar-refractivity contribution < 1.29 is 22.0 Å². The second kappa shape index (κ2) is 4.06. The summed E-state index contributed by atoms with van der Waals surface area (Å²) in [5.41, 5.74) is 2.88. The van der Waals surface area contributed by atoms with Gasteiger partial charge in [-0.1, -0.05) is 0 Å². The molecule has 0 aliphatic rings. The minimum absolute atomic E-state index is 0.535. The third-order valence-electron chi connectivity index (χ3n) is 1.52. The predicted octanol–water partition coefficient (Wildman–Crippen LogP) is 3.22. The van der Waals surface area contributed by atoms with E-state index in [1.165, 1.54) is 22.6 Å². The maximum atomic E-state index is 12.3. The van der Waals surface area contributed by atoms with Gasteiger partial charge in [0.15, 0.2) is 0 Å². The molecule has 0 bridgehead atoms. The SMILES string of the molecule is Nc1cc(C(F)(F)F)c(I)c(C(F)F)n1. The normalized spacial score (nSPS) is 12.2. The van der Waals surface area contributed by atoms with Gasteiger partial charge in [-0.25, -0.2) is 13.8 Å². The first kappa shape index (κ1) is 12.4. The van der Waals surface area contributed by atoms with Gasteiger partial charge < -0.3 is 5.73 Å². The number of nitrogens with two attached hydrogens (primary N) is 1. The van der Waals surface area contributed by atoms with Gasteiger partial charge in [-0.05, 0) is 28.7 Å². The van der Waals surface area contributed by atoms with Gasteiger partial charge in [-0.3, -0.25) is 0 Å². The molecule has 1 aromatic rings. The van der Waals surface area contributed by atoms with E-state index in [0.29, 0.717) is 6.07 Å². The quantitative estimate of drug-likeness (QED) is 0.631. The molecule has 2 N–H and O–H groups in total. The summed E-state index contributed by atoms with van der Waals surface area (Å²) in [4.78, 5) is 3.17. The first-order chi connectivity index (χ1) is 6.73. The van der Waals surface area contributed by atoms with E-state index in [9.17, 15) is 22.0 Å². The number of aromatic nitrogens is 1. The van der Waals surface area contributed by atoms with Crippen LogP contribution < -0.4 is 5.73 Å². The number of hydrogen-bond donors (Lipinski definition) is 1. The Morgan fingerprint density at radius 3 is 2.27 bits per heavy atom. The molecule has 0 saturated heterocycles. The Bertz CT molecular complexity index is 376. The number of halogens is 6. The Hall–Kier alpha value is -0.670. The molecular weight excluding hydrogens is 334 g/mol. The number of alkyl halides is 5. The van der Waals surface area contributed by atoms with Crippen molar-refractivity contribution in [3.05, 3.63) is 20.9 Å². The summed E-state index contributed by atoms with van der Waals surface area (Å²) in [6.07, 6.45) is -7.79. The molecule has 0 aromatic carbocycles. The fourth-order valence-electron chi connectivity index (χ4n) is 0.921. The van der Waals surface area contributed by atoms with Crippen molar-refractivity contribution in [1.29, 1.82) is 0 Å². The molecule has 0 amide bonds. The van der Waals surface area contributed by atoms with Crippen molar-refractivity contribution in [1.82, 2.24) is 4.98 Å². The minimum atomic E-state index is -4.71. The largest absolute Gasteiger partial charge is 0.417 e. The van der Waals surface area contributed by atoms with Crippen LogP contribution in [0.2, 0.25) is 0 Å². The summed E-state index contributed by atoms with van der Waals surface area (Å²) in [7, 11) is 0. The first-order valence-electron chi connectivity index (χ1n) is 3.54. The third-order valence-corrected chi connectivity index (χ3v) is 2.65. The fourth-order valence-corrected chi connectivity index (χ4v) is 1.74. The lowest BCUT2D eigenvalue weighted by molar-refractivity contribution is -0.138. The van der Waals surface area contributed by atoms with Crippen molar-refractivity contribution in [2.24, 2.45) is 0 Å². The van der Waals surface area contributed by atoms with E-state index in [4.69, 9.17) is 5.73 Å². The maximum absolute atomic E-state index is 12.3. The molecule has 1 heterocycles. The Balaban J connectivity index is 3.42. The Morgan fingerprint density at radius 1 is 1.33 bits per heavy atom. The van der Waals surface area contributed by atoms with Gasteiger partial charge in [-0.15, -0.1) is 0 Å². The highest BCUT2D eigenvalue weighted by Gasteiger charge is 2.35. The topological polar surface area (TPSA) is 38.9 Å². The van der Waals surface area contributed by atoms with Crippen LogP contribution in [0, 0.1) is 3.57 Å². The van der Waals surface area contributed by atoms with Crippen LogP contribution in [0.4, 0.5) is 27.8 Å². The summed E-state index contributed by atoms with van der Waals surface area (Å²) >= 11 is 1.18. The summed E-state index contributed by atoms with van der Waals surface area (Å²) < 4.78 is 61.0. The lowest BCUT2D eigenvalue weighted by atomic mass is 10.2. The Morgan fingerprint density at radius 2 is 1.87 bits per heavy atom.